The Morgan fingerprint density at radius 2 is 1.54 bits per heavy atom. The molecule has 0 aromatic rings. The van der Waals surface area contributed by atoms with Crippen LogP contribution in [-0.4, -0.2) is 57.6 Å². The second-order valence-corrected chi connectivity index (χ2v) is 7.98. The van der Waals surface area contributed by atoms with Gasteiger partial charge in [0.15, 0.2) is 0 Å². The van der Waals surface area contributed by atoms with Crippen LogP contribution in [0.4, 0.5) is 0 Å². The minimum Gasteiger partial charge on any atom is -0.458 e. The predicted octanol–water partition coefficient (Wildman–Crippen LogP) is -3.00. The molecule has 0 aliphatic rings. The molecule has 13 nitrogen and oxygen atoms in total. The highest BCUT2D eigenvalue weighted by atomic mass is 32.2. The number of hydrogen-bond acceptors (Lipinski definition) is 12. The van der Waals surface area contributed by atoms with Gasteiger partial charge in [0.1, 0.15) is 5.60 Å². The summed E-state index contributed by atoms with van der Waals surface area (Å²) in [6.45, 7) is 3.11. The Hall–Kier alpha value is -1.36. The van der Waals surface area contributed by atoms with Gasteiger partial charge in [0.2, 0.25) is 11.5 Å². The summed E-state index contributed by atoms with van der Waals surface area (Å²) in [6, 6.07) is 0. The van der Waals surface area contributed by atoms with Crippen molar-refractivity contribution in [2.45, 2.75) is 31.9 Å². The quantitative estimate of drug-likeness (QED) is 0.163. The molecule has 0 saturated heterocycles. The summed E-state index contributed by atoms with van der Waals surface area (Å²) in [6.07, 6.45) is 0. The molecule has 0 spiro atoms. The van der Waals surface area contributed by atoms with Crippen molar-refractivity contribution in [1.82, 2.24) is 0 Å². The molecule has 15 heteroatoms. The van der Waals surface area contributed by atoms with Gasteiger partial charge in [-0.2, -0.15) is 16.8 Å². The molecule has 0 heterocycles. The Labute approximate surface area is 138 Å². The van der Waals surface area contributed by atoms with E-state index in [9.17, 15) is 26.4 Å². The lowest BCUT2D eigenvalue weighted by atomic mass is 10.0. The highest BCUT2D eigenvalue weighted by molar-refractivity contribution is 7.87. The van der Waals surface area contributed by atoms with E-state index in [1.807, 2.05) is 0 Å². The first-order chi connectivity index (χ1) is 10.5. The van der Waals surface area contributed by atoms with Gasteiger partial charge in [-0.3, -0.25) is 0 Å². The number of carbonyl (C=O) groups excluding carboxylic acids is 2. The van der Waals surface area contributed by atoms with Gasteiger partial charge in [0, 0.05) is 0 Å². The molecule has 0 aliphatic heterocycles. The zero-order valence-corrected chi connectivity index (χ0v) is 14.5. The summed E-state index contributed by atoms with van der Waals surface area (Å²) >= 11 is 0. The smallest absolute Gasteiger partial charge is 0.360 e. The summed E-state index contributed by atoms with van der Waals surface area (Å²) in [4.78, 5) is 23.6. The normalized spacial score (nSPS) is 15.4. The van der Waals surface area contributed by atoms with Crippen LogP contribution >= 0.6 is 0 Å². The summed E-state index contributed by atoms with van der Waals surface area (Å²) in [5.74, 6) is -4.62. The van der Waals surface area contributed by atoms with Crippen LogP contribution in [0, 0.1) is 0 Å². The topological polar surface area (TPSA) is 212 Å². The fourth-order valence-electron chi connectivity index (χ4n) is 0.937. The van der Waals surface area contributed by atoms with Crippen molar-refractivity contribution in [1.29, 1.82) is 0 Å². The molecule has 0 bridgehead atoms. The number of nitrogens with two attached hydrogens (primary N) is 2. The predicted molar refractivity (Wildman–Crippen MR) is 75.0 cm³/mol. The van der Waals surface area contributed by atoms with Crippen LogP contribution in [0.15, 0.2) is 0 Å². The Balaban J connectivity index is 4.97. The maximum atomic E-state index is 11.8. The van der Waals surface area contributed by atoms with Crippen molar-refractivity contribution < 1.29 is 49.7 Å². The van der Waals surface area contributed by atoms with E-state index in [0.717, 1.165) is 0 Å². The van der Waals surface area contributed by atoms with E-state index in [1.54, 1.807) is 0 Å². The molecule has 1 atom stereocenters. The van der Waals surface area contributed by atoms with Gasteiger partial charge in [-0.05, 0) is 20.8 Å². The third-order valence-electron chi connectivity index (χ3n) is 1.94. The first kappa shape index (κ1) is 22.6. The standard InChI is InChI=1S/C9H18N2O11S2/c1-8(2,3)20-7(14)9(10,4-12)6(13)19-5-23(15,16)21-22-24(11,17)18/h12H,4-5,10H2,1-3H3,(H2,11,17,18). The van der Waals surface area contributed by atoms with E-state index >= 15 is 0 Å². The van der Waals surface area contributed by atoms with E-state index in [1.165, 1.54) is 20.8 Å². The molecular weight excluding hydrogens is 376 g/mol. The van der Waals surface area contributed by atoms with Gasteiger partial charge < -0.3 is 20.3 Å². The third kappa shape index (κ3) is 7.95. The molecule has 0 rings (SSSR count). The molecule has 24 heavy (non-hydrogen) atoms. The Kier molecular flexibility index (Phi) is 7.25. The van der Waals surface area contributed by atoms with Crippen LogP contribution in [0.25, 0.3) is 0 Å². The minimum absolute atomic E-state index is 1.06. The van der Waals surface area contributed by atoms with Crippen molar-refractivity contribution in [3.8, 4) is 0 Å². The molecule has 1 unspecified atom stereocenters. The Morgan fingerprint density at radius 1 is 1.04 bits per heavy atom. The number of aliphatic hydroxyl groups excluding tert-OH is 1. The maximum Gasteiger partial charge on any atom is 0.360 e. The summed E-state index contributed by atoms with van der Waals surface area (Å²) in [7, 11) is -9.60. The van der Waals surface area contributed by atoms with Crippen LogP contribution in [-0.2, 0) is 48.2 Å². The number of rotatable bonds is 8. The molecule has 0 saturated carbocycles. The lowest BCUT2D eigenvalue weighted by Crippen LogP contribution is -2.60. The second kappa shape index (κ2) is 7.68. The molecule has 0 aromatic heterocycles. The molecular formula is C9H18N2O11S2. The number of ether oxygens (including phenoxy) is 2. The van der Waals surface area contributed by atoms with E-state index in [4.69, 9.17) is 15.6 Å². The van der Waals surface area contributed by atoms with Crippen LogP contribution in [0.1, 0.15) is 20.8 Å². The van der Waals surface area contributed by atoms with Gasteiger partial charge in [-0.15, -0.1) is 0 Å². The van der Waals surface area contributed by atoms with E-state index < -0.39 is 56.0 Å². The van der Waals surface area contributed by atoms with Gasteiger partial charge in [0.05, 0.1) is 6.61 Å². The van der Waals surface area contributed by atoms with Crippen molar-refractivity contribution >= 4 is 32.4 Å². The van der Waals surface area contributed by atoms with Crippen molar-refractivity contribution in [2.24, 2.45) is 10.9 Å². The van der Waals surface area contributed by atoms with Gasteiger partial charge in [0.25, 0.3) is 0 Å². The summed E-state index contributed by atoms with van der Waals surface area (Å²) in [5.41, 5.74) is 1.62. The zero-order chi connectivity index (χ0) is 19.4. The van der Waals surface area contributed by atoms with Crippen LogP contribution in [0.2, 0.25) is 0 Å². The molecule has 142 valence electrons. The van der Waals surface area contributed by atoms with E-state index in [2.05, 4.69) is 18.5 Å². The molecule has 0 aliphatic carbocycles. The average molecular weight is 394 g/mol. The van der Waals surface area contributed by atoms with Gasteiger partial charge in [-0.1, -0.05) is 8.67 Å². The summed E-state index contributed by atoms with van der Waals surface area (Å²) in [5, 5.41) is 13.5. The first-order valence-electron chi connectivity index (χ1n) is 5.96. The molecule has 0 fully saturated rings. The SMILES string of the molecule is CC(C)(C)OC(=O)C(N)(CO)C(=O)OCS(=O)(=O)OOS(N)(=O)=O. The van der Waals surface area contributed by atoms with E-state index in [-0.39, 0.29) is 0 Å². The minimum atomic E-state index is -4.85. The first-order valence-corrected chi connectivity index (χ1v) is 9.01. The van der Waals surface area contributed by atoms with Crippen LogP contribution in [0.3, 0.4) is 0 Å². The average Bonchev–Trinajstić information content (AvgIpc) is 2.39. The zero-order valence-electron chi connectivity index (χ0n) is 12.9. The highest BCUT2D eigenvalue weighted by Gasteiger charge is 2.47. The number of carbonyl (C=O) groups is 2. The van der Waals surface area contributed by atoms with Crippen LogP contribution < -0.4 is 10.9 Å². The van der Waals surface area contributed by atoms with Crippen molar-refractivity contribution in [3.63, 3.8) is 0 Å². The van der Waals surface area contributed by atoms with Crippen molar-refractivity contribution in [2.75, 3.05) is 12.5 Å². The monoisotopic (exact) mass is 394 g/mol. The van der Waals surface area contributed by atoms with E-state index in [0.29, 0.717) is 0 Å². The highest BCUT2D eigenvalue weighted by Crippen LogP contribution is 2.14. The Bertz CT molecular complexity index is 679. The summed E-state index contributed by atoms with van der Waals surface area (Å²) < 4.78 is 59.1. The molecule has 0 amide bonds. The lowest BCUT2D eigenvalue weighted by Gasteiger charge is -2.27. The number of esters is 2. The molecule has 5 N–H and O–H groups in total. The van der Waals surface area contributed by atoms with Gasteiger partial charge >= 0.3 is 32.4 Å². The number of hydrogen-bond donors (Lipinski definition) is 3. The molecule has 0 radical (unpaired) electrons. The lowest BCUT2D eigenvalue weighted by molar-refractivity contribution is -0.173. The van der Waals surface area contributed by atoms with Crippen molar-refractivity contribution in [3.05, 3.63) is 0 Å². The maximum absolute atomic E-state index is 11.8. The van der Waals surface area contributed by atoms with Crippen LogP contribution in [0.5, 0.6) is 0 Å². The Morgan fingerprint density at radius 3 is 1.92 bits per heavy atom. The van der Waals surface area contributed by atoms with Gasteiger partial charge in [-0.25, -0.2) is 14.7 Å². The fraction of sp³-hybridized carbons (Fsp3) is 0.778. The molecule has 0 aromatic carbocycles. The second-order valence-electron chi connectivity index (χ2n) is 5.37. The fourth-order valence-corrected chi connectivity index (χ4v) is 1.88. The number of aliphatic hydroxyl groups is 1. The third-order valence-corrected chi connectivity index (χ3v) is 2.96. The largest absolute Gasteiger partial charge is 0.458 e.